The van der Waals surface area contributed by atoms with Gasteiger partial charge in [0.25, 0.3) is 0 Å². The zero-order valence-electron chi connectivity index (χ0n) is 18.8. The third-order valence-corrected chi connectivity index (χ3v) is 5.83. The molecule has 1 aliphatic rings. The predicted octanol–water partition coefficient (Wildman–Crippen LogP) is 3.57. The van der Waals surface area contributed by atoms with Crippen LogP contribution >= 0.6 is 11.6 Å². The zero-order chi connectivity index (χ0) is 23.1. The molecule has 1 aliphatic heterocycles. The summed E-state index contributed by atoms with van der Waals surface area (Å²) in [5.74, 6) is 2.45. The molecule has 1 saturated heterocycles. The summed E-state index contributed by atoms with van der Waals surface area (Å²) >= 11 is 6.02. The van der Waals surface area contributed by atoms with Gasteiger partial charge < -0.3 is 23.9 Å². The Kier molecular flexibility index (Phi) is 7.88. The maximum atomic E-state index is 11.1. The number of aryl methyl sites for hydroxylation is 1. The van der Waals surface area contributed by atoms with Gasteiger partial charge in [-0.3, -0.25) is 4.90 Å². The second kappa shape index (κ2) is 11.0. The van der Waals surface area contributed by atoms with Gasteiger partial charge in [-0.15, -0.1) is 0 Å². The minimum atomic E-state index is -1.10. The van der Waals surface area contributed by atoms with E-state index in [2.05, 4.69) is 26.6 Å². The summed E-state index contributed by atoms with van der Waals surface area (Å²) in [4.78, 5) is 6.41. The highest BCUT2D eigenvalue weighted by Crippen LogP contribution is 2.21. The minimum absolute atomic E-state index is 0.132. The van der Waals surface area contributed by atoms with Crippen molar-refractivity contribution in [2.24, 2.45) is 0 Å². The molecule has 0 saturated carbocycles. The van der Waals surface area contributed by atoms with E-state index in [4.69, 9.17) is 25.8 Å². The quantitative estimate of drug-likeness (QED) is 0.514. The number of aromatic nitrogens is 2. The third-order valence-electron chi connectivity index (χ3n) is 5.60. The molecule has 0 radical (unpaired) electrons. The van der Waals surface area contributed by atoms with Crippen molar-refractivity contribution >= 4 is 11.6 Å². The van der Waals surface area contributed by atoms with Gasteiger partial charge in [0.05, 0.1) is 19.8 Å². The fourth-order valence-electron chi connectivity index (χ4n) is 3.84. The van der Waals surface area contributed by atoms with E-state index in [1.54, 1.807) is 18.3 Å². The number of nitrogens with zero attached hydrogens (tertiary/aromatic N) is 3. The fourth-order valence-corrected chi connectivity index (χ4v) is 4.02. The highest BCUT2D eigenvalue weighted by molar-refractivity contribution is 6.30. The average Bonchev–Trinajstić information content (AvgIpc) is 3.11. The lowest BCUT2D eigenvalue weighted by Crippen LogP contribution is -2.48. The minimum Gasteiger partial charge on any atom is -0.492 e. The van der Waals surface area contributed by atoms with Gasteiger partial charge in [0.15, 0.2) is 0 Å². The van der Waals surface area contributed by atoms with Crippen molar-refractivity contribution in [3.05, 3.63) is 77.3 Å². The summed E-state index contributed by atoms with van der Waals surface area (Å²) in [5, 5.41) is 11.7. The second-order valence-corrected chi connectivity index (χ2v) is 8.83. The molecule has 3 aromatic rings. The highest BCUT2D eigenvalue weighted by atomic mass is 35.5. The molecule has 4 rings (SSSR count). The lowest BCUT2D eigenvalue weighted by atomic mass is 10.1. The van der Waals surface area contributed by atoms with Gasteiger partial charge in [-0.25, -0.2) is 4.98 Å². The van der Waals surface area contributed by atoms with E-state index >= 15 is 0 Å². The van der Waals surface area contributed by atoms with Crippen LogP contribution in [0.4, 0.5) is 0 Å². The van der Waals surface area contributed by atoms with Crippen LogP contribution in [0.25, 0.3) is 0 Å². The normalized spacial score (nSPS) is 19.2. The lowest BCUT2D eigenvalue weighted by molar-refractivity contribution is -0.0646. The number of halogens is 1. The van der Waals surface area contributed by atoms with E-state index in [-0.39, 0.29) is 13.2 Å². The largest absolute Gasteiger partial charge is 0.492 e. The Bertz CT molecular complexity index is 1030. The molecule has 2 aromatic carbocycles. The van der Waals surface area contributed by atoms with Crippen LogP contribution in [0.1, 0.15) is 11.4 Å². The van der Waals surface area contributed by atoms with Gasteiger partial charge in [-0.05, 0) is 42.8 Å². The van der Waals surface area contributed by atoms with Crippen LogP contribution in [0.3, 0.4) is 0 Å². The topological polar surface area (TPSA) is 69.0 Å². The van der Waals surface area contributed by atoms with Crippen molar-refractivity contribution in [1.82, 2.24) is 14.5 Å². The van der Waals surface area contributed by atoms with Crippen LogP contribution in [0, 0.1) is 6.92 Å². The summed E-state index contributed by atoms with van der Waals surface area (Å²) in [5.41, 5.74) is 0.0423. The molecule has 33 heavy (non-hydrogen) atoms. The summed E-state index contributed by atoms with van der Waals surface area (Å²) in [7, 11) is 0. The first-order valence-electron chi connectivity index (χ1n) is 11.1. The number of β-amino-alcohol motifs (C(OH)–C–C–N with tert-alkyl or cyclic N) is 1. The number of rotatable bonds is 9. The van der Waals surface area contributed by atoms with E-state index in [1.165, 1.54) is 0 Å². The van der Waals surface area contributed by atoms with Gasteiger partial charge in [-0.1, -0.05) is 29.8 Å². The standard InChI is InChI=1S/C25H30ClN3O4/c1-20-27-9-10-29(20)12-14-32-23-7-5-21(6-8-23)16-28-11-13-31-18-25(30,17-28)19-33-24-4-2-3-22(26)15-24/h2-10,15,30H,11-14,16-19H2,1H3. The first-order valence-corrected chi connectivity index (χ1v) is 11.5. The van der Waals surface area contributed by atoms with Crippen LogP contribution in [0.15, 0.2) is 60.9 Å². The Morgan fingerprint density at radius 3 is 2.76 bits per heavy atom. The molecule has 2 heterocycles. The summed E-state index contributed by atoms with van der Waals surface area (Å²) in [6, 6.07) is 15.3. The average molecular weight is 472 g/mol. The van der Waals surface area contributed by atoms with Crippen LogP contribution in [-0.4, -0.2) is 64.7 Å². The van der Waals surface area contributed by atoms with Gasteiger partial charge >= 0.3 is 0 Å². The molecule has 0 aliphatic carbocycles. The molecule has 0 spiro atoms. The molecule has 1 N–H and O–H groups in total. The molecule has 7 nitrogen and oxygen atoms in total. The summed E-state index contributed by atoms with van der Waals surface area (Å²) in [6.07, 6.45) is 3.75. The molecular weight excluding hydrogens is 442 g/mol. The van der Waals surface area contributed by atoms with Crippen LogP contribution in [0.2, 0.25) is 5.02 Å². The Morgan fingerprint density at radius 2 is 2.00 bits per heavy atom. The summed E-state index contributed by atoms with van der Waals surface area (Å²) < 4.78 is 19.4. The number of hydrogen-bond donors (Lipinski definition) is 1. The Hall–Kier alpha value is -2.58. The monoisotopic (exact) mass is 471 g/mol. The smallest absolute Gasteiger partial charge is 0.134 e. The van der Waals surface area contributed by atoms with Crippen molar-refractivity contribution in [1.29, 1.82) is 0 Å². The maximum absolute atomic E-state index is 11.1. The molecule has 1 aromatic heterocycles. The molecular formula is C25H30ClN3O4. The Morgan fingerprint density at radius 1 is 1.15 bits per heavy atom. The molecule has 176 valence electrons. The van der Waals surface area contributed by atoms with E-state index in [0.717, 1.165) is 30.2 Å². The van der Waals surface area contributed by atoms with Crippen molar-refractivity contribution in [2.75, 3.05) is 39.5 Å². The van der Waals surface area contributed by atoms with Gasteiger partial charge in [0, 0.05) is 37.1 Å². The molecule has 0 amide bonds. The zero-order valence-corrected chi connectivity index (χ0v) is 19.6. The molecule has 1 unspecified atom stereocenters. The van der Waals surface area contributed by atoms with Crippen LogP contribution < -0.4 is 9.47 Å². The molecule has 0 bridgehead atoms. The van der Waals surface area contributed by atoms with E-state index in [1.807, 2.05) is 37.4 Å². The van der Waals surface area contributed by atoms with E-state index in [9.17, 15) is 5.11 Å². The van der Waals surface area contributed by atoms with Crippen molar-refractivity contribution in [2.45, 2.75) is 25.6 Å². The lowest BCUT2D eigenvalue weighted by Gasteiger charge is -2.30. The maximum Gasteiger partial charge on any atom is 0.134 e. The predicted molar refractivity (Wildman–Crippen MR) is 127 cm³/mol. The molecule has 1 fully saturated rings. The molecule has 8 heteroatoms. The highest BCUT2D eigenvalue weighted by Gasteiger charge is 2.33. The summed E-state index contributed by atoms with van der Waals surface area (Å²) in [6.45, 7) is 6.15. The number of imidazole rings is 1. The first-order chi connectivity index (χ1) is 16.0. The Labute approximate surface area is 199 Å². The first kappa shape index (κ1) is 23.6. The van der Waals surface area contributed by atoms with Crippen molar-refractivity contribution in [3.8, 4) is 11.5 Å². The van der Waals surface area contributed by atoms with E-state index in [0.29, 0.717) is 37.1 Å². The van der Waals surface area contributed by atoms with Gasteiger partial charge in [0.2, 0.25) is 0 Å². The number of benzene rings is 2. The number of hydrogen-bond acceptors (Lipinski definition) is 6. The number of ether oxygens (including phenoxy) is 3. The van der Waals surface area contributed by atoms with Gasteiger partial charge in [-0.2, -0.15) is 0 Å². The SMILES string of the molecule is Cc1nccn1CCOc1ccc(CN2CCOCC(O)(COc3cccc(Cl)c3)C2)cc1. The van der Waals surface area contributed by atoms with Crippen molar-refractivity contribution < 1.29 is 19.3 Å². The Balaban J connectivity index is 1.28. The third kappa shape index (κ3) is 6.95. The van der Waals surface area contributed by atoms with Gasteiger partial charge in [0.1, 0.15) is 36.1 Å². The van der Waals surface area contributed by atoms with Crippen LogP contribution in [0.5, 0.6) is 11.5 Å². The second-order valence-electron chi connectivity index (χ2n) is 8.39. The van der Waals surface area contributed by atoms with Crippen molar-refractivity contribution in [3.63, 3.8) is 0 Å². The van der Waals surface area contributed by atoms with E-state index < -0.39 is 5.60 Å². The molecule has 1 atom stereocenters. The van der Waals surface area contributed by atoms with Crippen LogP contribution in [-0.2, 0) is 17.8 Å². The number of aliphatic hydroxyl groups is 1. The fraction of sp³-hybridized carbons (Fsp3) is 0.400.